The highest BCUT2D eigenvalue weighted by molar-refractivity contribution is 5.19. The fraction of sp³-hybridized carbons (Fsp3) is 0.824. The number of likely N-dealkylation sites (N-methyl/N-ethyl adjacent to an activating group) is 1. The number of aryl methyl sites for hydroxylation is 1. The molecule has 4 heterocycles. The molecule has 0 atom stereocenters. The lowest BCUT2D eigenvalue weighted by Crippen LogP contribution is -2.62. The number of rotatable bonds is 4. The Kier molecular flexibility index (Phi) is 4.20. The van der Waals surface area contributed by atoms with Crippen LogP contribution in [0, 0.1) is 0 Å². The van der Waals surface area contributed by atoms with Crippen LogP contribution >= 0.6 is 0 Å². The van der Waals surface area contributed by atoms with Crippen molar-refractivity contribution in [2.75, 3.05) is 45.8 Å². The summed E-state index contributed by atoms with van der Waals surface area (Å²) >= 11 is 0. The molecule has 2 saturated heterocycles. The van der Waals surface area contributed by atoms with Crippen molar-refractivity contribution in [2.45, 2.75) is 45.3 Å². The number of hydrogen-bond donors (Lipinski definition) is 0. The van der Waals surface area contributed by atoms with Crippen LogP contribution in [0.15, 0.2) is 6.20 Å². The van der Waals surface area contributed by atoms with E-state index in [-0.39, 0.29) is 0 Å². The molecule has 122 valence electrons. The highest BCUT2D eigenvalue weighted by Gasteiger charge is 2.33. The van der Waals surface area contributed by atoms with Gasteiger partial charge in [0.2, 0.25) is 0 Å². The van der Waals surface area contributed by atoms with Crippen LogP contribution in [-0.4, -0.2) is 76.3 Å². The standard InChI is InChI=1S/C17H29N5/c1-2-19-7-9-21(10-8-19)16-13-20(14-16)12-15-11-18-22-6-4-3-5-17(15)22/h11,16H,2-10,12-14H2,1H3. The van der Waals surface area contributed by atoms with E-state index in [2.05, 4.69) is 37.6 Å². The molecule has 0 unspecified atom stereocenters. The van der Waals surface area contributed by atoms with Gasteiger partial charge in [-0.05, 0) is 25.8 Å². The predicted octanol–water partition coefficient (Wildman–Crippen LogP) is 1.04. The molecule has 3 aliphatic rings. The van der Waals surface area contributed by atoms with Crippen LogP contribution in [0.2, 0.25) is 0 Å². The van der Waals surface area contributed by atoms with Gasteiger partial charge in [-0.2, -0.15) is 5.10 Å². The average molecular weight is 303 g/mol. The van der Waals surface area contributed by atoms with Crippen LogP contribution in [0.4, 0.5) is 0 Å². The molecule has 0 radical (unpaired) electrons. The van der Waals surface area contributed by atoms with Gasteiger partial charge in [-0.1, -0.05) is 6.92 Å². The molecule has 0 N–H and O–H groups in total. The Labute approximate surface area is 133 Å². The Morgan fingerprint density at radius 1 is 1.05 bits per heavy atom. The second-order valence-electron chi connectivity index (χ2n) is 7.11. The zero-order valence-corrected chi connectivity index (χ0v) is 13.9. The van der Waals surface area contributed by atoms with Crippen molar-refractivity contribution in [1.82, 2.24) is 24.5 Å². The van der Waals surface area contributed by atoms with Gasteiger partial charge in [0.1, 0.15) is 0 Å². The fourth-order valence-electron chi connectivity index (χ4n) is 4.21. The third kappa shape index (κ3) is 2.82. The molecule has 0 aliphatic carbocycles. The quantitative estimate of drug-likeness (QED) is 0.831. The average Bonchev–Trinajstić information content (AvgIpc) is 2.94. The molecule has 1 aromatic heterocycles. The zero-order chi connectivity index (χ0) is 14.9. The number of piperazine rings is 1. The highest BCUT2D eigenvalue weighted by Crippen LogP contribution is 2.23. The summed E-state index contributed by atoms with van der Waals surface area (Å²) in [6, 6.07) is 0.797. The van der Waals surface area contributed by atoms with Crippen molar-refractivity contribution in [1.29, 1.82) is 0 Å². The first-order chi connectivity index (χ1) is 10.8. The van der Waals surface area contributed by atoms with Gasteiger partial charge in [0.15, 0.2) is 0 Å². The minimum absolute atomic E-state index is 0.797. The molecule has 0 bridgehead atoms. The van der Waals surface area contributed by atoms with E-state index < -0.39 is 0 Å². The van der Waals surface area contributed by atoms with Crippen LogP contribution in [0.5, 0.6) is 0 Å². The Balaban J connectivity index is 1.27. The molecule has 0 saturated carbocycles. The van der Waals surface area contributed by atoms with Gasteiger partial charge in [-0.3, -0.25) is 14.5 Å². The van der Waals surface area contributed by atoms with Crippen LogP contribution < -0.4 is 0 Å². The first-order valence-electron chi connectivity index (χ1n) is 9.06. The molecule has 4 rings (SSSR count). The maximum absolute atomic E-state index is 4.57. The molecule has 2 fully saturated rings. The molecular formula is C17H29N5. The van der Waals surface area contributed by atoms with Gasteiger partial charge < -0.3 is 4.90 Å². The Morgan fingerprint density at radius 2 is 1.86 bits per heavy atom. The van der Waals surface area contributed by atoms with Gasteiger partial charge in [-0.25, -0.2) is 0 Å². The van der Waals surface area contributed by atoms with Crippen molar-refractivity contribution >= 4 is 0 Å². The minimum Gasteiger partial charge on any atom is -0.301 e. The zero-order valence-electron chi connectivity index (χ0n) is 13.9. The lowest BCUT2D eigenvalue weighted by atomic mass is 10.0. The number of aromatic nitrogens is 2. The van der Waals surface area contributed by atoms with Crippen molar-refractivity contribution in [3.8, 4) is 0 Å². The maximum atomic E-state index is 4.57. The molecule has 22 heavy (non-hydrogen) atoms. The van der Waals surface area contributed by atoms with Crippen molar-refractivity contribution in [3.63, 3.8) is 0 Å². The summed E-state index contributed by atoms with van der Waals surface area (Å²) in [5.41, 5.74) is 2.99. The lowest BCUT2D eigenvalue weighted by Gasteiger charge is -2.48. The summed E-state index contributed by atoms with van der Waals surface area (Å²) in [6.07, 6.45) is 5.98. The monoisotopic (exact) mass is 303 g/mol. The summed E-state index contributed by atoms with van der Waals surface area (Å²) in [5.74, 6) is 0. The second kappa shape index (κ2) is 6.30. The smallest absolute Gasteiger partial charge is 0.0537 e. The van der Waals surface area contributed by atoms with Gasteiger partial charge in [0.25, 0.3) is 0 Å². The third-order valence-corrected chi connectivity index (χ3v) is 5.77. The number of fused-ring (bicyclic) bond motifs is 1. The lowest BCUT2D eigenvalue weighted by molar-refractivity contribution is 0.00198. The van der Waals surface area contributed by atoms with Crippen molar-refractivity contribution in [3.05, 3.63) is 17.5 Å². The predicted molar refractivity (Wildman–Crippen MR) is 87.9 cm³/mol. The van der Waals surface area contributed by atoms with Crippen LogP contribution in [0.3, 0.4) is 0 Å². The van der Waals surface area contributed by atoms with E-state index in [1.54, 1.807) is 0 Å². The number of hydrogen-bond acceptors (Lipinski definition) is 4. The van der Waals surface area contributed by atoms with E-state index in [1.165, 1.54) is 76.3 Å². The molecule has 0 spiro atoms. The van der Waals surface area contributed by atoms with Crippen LogP contribution in [0.1, 0.15) is 31.0 Å². The van der Waals surface area contributed by atoms with Gasteiger partial charge in [0, 0.05) is 69.7 Å². The van der Waals surface area contributed by atoms with Gasteiger partial charge >= 0.3 is 0 Å². The van der Waals surface area contributed by atoms with E-state index in [0.29, 0.717) is 0 Å². The Bertz CT molecular complexity index is 497. The Morgan fingerprint density at radius 3 is 2.64 bits per heavy atom. The molecule has 1 aromatic rings. The van der Waals surface area contributed by atoms with E-state index in [9.17, 15) is 0 Å². The normalized spacial score (nSPS) is 25.1. The van der Waals surface area contributed by atoms with Crippen LogP contribution in [0.25, 0.3) is 0 Å². The minimum atomic E-state index is 0.797. The molecular weight excluding hydrogens is 274 g/mol. The Hall–Kier alpha value is -0.910. The molecule has 5 heteroatoms. The topological polar surface area (TPSA) is 27.5 Å². The SMILES string of the molecule is CCN1CCN(C2CN(Cc3cnn4c3CCCC4)C2)CC1. The van der Waals surface area contributed by atoms with E-state index >= 15 is 0 Å². The first-order valence-corrected chi connectivity index (χ1v) is 9.06. The summed E-state index contributed by atoms with van der Waals surface area (Å²) < 4.78 is 2.24. The highest BCUT2D eigenvalue weighted by atomic mass is 15.4. The maximum Gasteiger partial charge on any atom is 0.0537 e. The number of likely N-dealkylation sites (tertiary alicyclic amines) is 1. The molecule has 5 nitrogen and oxygen atoms in total. The van der Waals surface area contributed by atoms with Gasteiger partial charge in [0.05, 0.1) is 6.20 Å². The largest absolute Gasteiger partial charge is 0.301 e. The van der Waals surface area contributed by atoms with Crippen molar-refractivity contribution < 1.29 is 0 Å². The molecule has 3 aliphatic heterocycles. The summed E-state index contributed by atoms with van der Waals surface area (Å²) in [7, 11) is 0. The van der Waals surface area contributed by atoms with E-state index in [1.807, 2.05) is 0 Å². The molecule has 0 aromatic carbocycles. The molecule has 0 amide bonds. The van der Waals surface area contributed by atoms with Gasteiger partial charge in [-0.15, -0.1) is 0 Å². The fourth-order valence-corrected chi connectivity index (χ4v) is 4.21. The van der Waals surface area contributed by atoms with Crippen LogP contribution in [-0.2, 0) is 19.5 Å². The summed E-state index contributed by atoms with van der Waals surface area (Å²) in [5, 5.41) is 4.57. The first kappa shape index (κ1) is 14.7. The van der Waals surface area contributed by atoms with E-state index in [4.69, 9.17) is 0 Å². The van der Waals surface area contributed by atoms with E-state index in [0.717, 1.165) is 19.1 Å². The summed E-state index contributed by atoms with van der Waals surface area (Å²) in [6.45, 7) is 13.2. The van der Waals surface area contributed by atoms with Crippen molar-refractivity contribution in [2.24, 2.45) is 0 Å². The third-order valence-electron chi connectivity index (χ3n) is 5.77. The second-order valence-corrected chi connectivity index (χ2v) is 7.11. The number of nitrogens with zero attached hydrogens (tertiary/aromatic N) is 5. The summed E-state index contributed by atoms with van der Waals surface area (Å²) in [4.78, 5) is 7.87.